The van der Waals surface area contributed by atoms with Gasteiger partial charge in [0.1, 0.15) is 18.1 Å². The van der Waals surface area contributed by atoms with Gasteiger partial charge in [0.15, 0.2) is 0 Å². The van der Waals surface area contributed by atoms with Gasteiger partial charge in [0.05, 0.1) is 6.61 Å². The number of rotatable bonds is 13. The zero-order valence-corrected chi connectivity index (χ0v) is 18.7. The van der Waals surface area contributed by atoms with Gasteiger partial charge in [0, 0.05) is 11.1 Å². The highest BCUT2D eigenvalue weighted by Gasteiger charge is 1.95. The van der Waals surface area contributed by atoms with Gasteiger partial charge in [-0.15, -0.1) is 0 Å². The van der Waals surface area contributed by atoms with Crippen LogP contribution in [0.15, 0.2) is 60.7 Å². The van der Waals surface area contributed by atoms with Crippen LogP contribution in [0.3, 0.4) is 0 Å². The maximum atomic E-state index is 5.76. The Morgan fingerprint density at radius 2 is 1.20 bits per heavy atom. The molecule has 2 nitrogen and oxygen atoms in total. The van der Waals surface area contributed by atoms with Gasteiger partial charge in [-0.2, -0.15) is 0 Å². The molecule has 0 heterocycles. The van der Waals surface area contributed by atoms with E-state index in [1.807, 2.05) is 48.5 Å². The van der Waals surface area contributed by atoms with E-state index in [0.29, 0.717) is 6.61 Å². The van der Waals surface area contributed by atoms with E-state index in [0.717, 1.165) is 42.1 Å². The summed E-state index contributed by atoms with van der Waals surface area (Å²) in [6.07, 6.45) is 14.2. The van der Waals surface area contributed by atoms with Crippen LogP contribution in [0.1, 0.15) is 76.3 Å². The predicted molar refractivity (Wildman–Crippen MR) is 127 cm³/mol. The second kappa shape index (κ2) is 15.2. The van der Waals surface area contributed by atoms with Crippen molar-refractivity contribution in [2.24, 2.45) is 0 Å². The highest BCUT2D eigenvalue weighted by atomic mass is 16.5. The van der Waals surface area contributed by atoms with E-state index >= 15 is 0 Å². The minimum absolute atomic E-state index is 0.617. The third kappa shape index (κ3) is 10.2. The van der Waals surface area contributed by atoms with Gasteiger partial charge in [-0.1, -0.05) is 69.9 Å². The molecule has 0 bridgehead atoms. The Balaban J connectivity index is 1.73. The Morgan fingerprint density at radius 1 is 0.633 bits per heavy atom. The summed E-state index contributed by atoms with van der Waals surface area (Å²) in [5, 5.41) is 0. The van der Waals surface area contributed by atoms with Crippen molar-refractivity contribution in [3.8, 4) is 23.3 Å². The van der Waals surface area contributed by atoms with Crippen molar-refractivity contribution in [1.29, 1.82) is 0 Å². The van der Waals surface area contributed by atoms with Gasteiger partial charge in [0.25, 0.3) is 0 Å². The molecule has 0 aliphatic carbocycles. The van der Waals surface area contributed by atoms with E-state index in [1.165, 1.54) is 38.5 Å². The van der Waals surface area contributed by atoms with E-state index in [1.54, 1.807) is 0 Å². The fraction of sp³-hybridized carbons (Fsp3) is 0.429. The highest BCUT2D eigenvalue weighted by molar-refractivity contribution is 5.45. The van der Waals surface area contributed by atoms with Crippen LogP contribution >= 0.6 is 0 Å². The number of unbranched alkanes of at least 4 members (excludes halogenated alkanes) is 6. The monoisotopic (exact) mass is 404 g/mol. The molecule has 0 aromatic heterocycles. The zero-order valence-electron chi connectivity index (χ0n) is 18.7. The molecule has 0 amide bonds. The summed E-state index contributed by atoms with van der Waals surface area (Å²) in [7, 11) is 0. The van der Waals surface area contributed by atoms with Crippen molar-refractivity contribution in [2.45, 2.75) is 65.2 Å². The van der Waals surface area contributed by atoms with E-state index in [2.05, 4.69) is 37.8 Å². The molecule has 2 aromatic carbocycles. The Labute approximate surface area is 183 Å². The Kier molecular flexibility index (Phi) is 12.0. The minimum atomic E-state index is 0.617. The molecule has 2 rings (SSSR count). The molecule has 30 heavy (non-hydrogen) atoms. The molecule has 0 spiro atoms. The first-order chi connectivity index (χ1) is 14.8. The lowest BCUT2D eigenvalue weighted by Crippen LogP contribution is -1.96. The average molecular weight is 405 g/mol. The van der Waals surface area contributed by atoms with E-state index in [-0.39, 0.29) is 0 Å². The van der Waals surface area contributed by atoms with Crippen LogP contribution in [-0.4, -0.2) is 13.2 Å². The van der Waals surface area contributed by atoms with E-state index < -0.39 is 0 Å². The first-order valence-corrected chi connectivity index (χ1v) is 11.4. The summed E-state index contributed by atoms with van der Waals surface area (Å²) in [6, 6.07) is 16.0. The van der Waals surface area contributed by atoms with Gasteiger partial charge in [-0.3, -0.25) is 0 Å². The molecule has 2 heteroatoms. The van der Waals surface area contributed by atoms with Gasteiger partial charge >= 0.3 is 0 Å². The fourth-order valence-corrected chi connectivity index (χ4v) is 2.97. The molecule has 0 aliphatic rings. The molecule has 0 saturated heterocycles. The first kappa shape index (κ1) is 23.6. The average Bonchev–Trinajstić information content (AvgIpc) is 2.79. The predicted octanol–water partition coefficient (Wildman–Crippen LogP) is 7.56. The van der Waals surface area contributed by atoms with Crippen LogP contribution in [0.4, 0.5) is 0 Å². The van der Waals surface area contributed by atoms with Gasteiger partial charge in [-0.25, -0.2) is 0 Å². The van der Waals surface area contributed by atoms with Crippen LogP contribution in [-0.2, 0) is 0 Å². The molecule has 0 saturated carbocycles. The molecular weight excluding hydrogens is 368 g/mol. The smallest absolute Gasteiger partial charge is 0.119 e. The molecule has 0 aliphatic heterocycles. The quantitative estimate of drug-likeness (QED) is 0.195. The highest BCUT2D eigenvalue weighted by Crippen LogP contribution is 2.14. The molecule has 0 radical (unpaired) electrons. The lowest BCUT2D eigenvalue weighted by Gasteiger charge is -2.05. The van der Waals surface area contributed by atoms with Crippen molar-refractivity contribution in [2.75, 3.05) is 13.2 Å². The number of hydrogen-bond donors (Lipinski definition) is 0. The van der Waals surface area contributed by atoms with E-state index in [4.69, 9.17) is 9.47 Å². The number of hydrogen-bond acceptors (Lipinski definition) is 2. The SMILES string of the molecule is CCCCCCC=CCOc1ccc(C#Cc2ccc(OCCCCC)cc2)cc1. The fourth-order valence-electron chi connectivity index (χ4n) is 2.97. The first-order valence-electron chi connectivity index (χ1n) is 11.4. The van der Waals surface area contributed by atoms with Gasteiger partial charge in [-0.05, 0) is 67.8 Å². The summed E-state index contributed by atoms with van der Waals surface area (Å²) in [4.78, 5) is 0. The molecular formula is C28H36O2. The second-order valence-electron chi connectivity index (χ2n) is 7.49. The Hall–Kier alpha value is -2.66. The van der Waals surface area contributed by atoms with Gasteiger partial charge in [0.2, 0.25) is 0 Å². The Morgan fingerprint density at radius 3 is 1.80 bits per heavy atom. The lowest BCUT2D eigenvalue weighted by atomic mass is 10.1. The third-order valence-electron chi connectivity index (χ3n) is 4.81. The van der Waals surface area contributed by atoms with Crippen molar-refractivity contribution in [1.82, 2.24) is 0 Å². The van der Waals surface area contributed by atoms with Gasteiger partial charge < -0.3 is 9.47 Å². The van der Waals surface area contributed by atoms with Crippen LogP contribution < -0.4 is 9.47 Å². The standard InChI is InChI=1S/C28H36O2/c1-3-5-7-8-9-10-12-24-30-28-21-17-26(18-22-28)14-13-25-15-19-27(20-16-25)29-23-11-6-4-2/h10,12,15-22H,3-9,11,23-24H2,1-2H3. The van der Waals surface area contributed by atoms with Crippen molar-refractivity contribution in [3.05, 3.63) is 71.8 Å². The zero-order chi connectivity index (χ0) is 21.3. The summed E-state index contributed by atoms with van der Waals surface area (Å²) >= 11 is 0. The molecule has 0 unspecified atom stereocenters. The van der Waals surface area contributed by atoms with Crippen molar-refractivity contribution < 1.29 is 9.47 Å². The molecule has 0 N–H and O–H groups in total. The largest absolute Gasteiger partial charge is 0.494 e. The summed E-state index contributed by atoms with van der Waals surface area (Å²) in [5.41, 5.74) is 1.97. The van der Waals surface area contributed by atoms with Crippen LogP contribution in [0, 0.1) is 11.8 Å². The molecule has 0 fully saturated rings. The van der Waals surface area contributed by atoms with Crippen LogP contribution in [0.2, 0.25) is 0 Å². The second-order valence-corrected chi connectivity index (χ2v) is 7.49. The number of allylic oxidation sites excluding steroid dienone is 1. The lowest BCUT2D eigenvalue weighted by molar-refractivity contribution is 0.306. The maximum Gasteiger partial charge on any atom is 0.119 e. The van der Waals surface area contributed by atoms with E-state index in [9.17, 15) is 0 Å². The van der Waals surface area contributed by atoms with Crippen molar-refractivity contribution >= 4 is 0 Å². The number of ether oxygens (including phenoxy) is 2. The third-order valence-corrected chi connectivity index (χ3v) is 4.81. The van der Waals surface area contributed by atoms with Crippen LogP contribution in [0.5, 0.6) is 11.5 Å². The molecule has 0 atom stereocenters. The topological polar surface area (TPSA) is 18.5 Å². The molecule has 2 aromatic rings. The summed E-state index contributed by atoms with van der Waals surface area (Å²) in [6.45, 7) is 5.83. The summed E-state index contributed by atoms with van der Waals surface area (Å²) in [5.74, 6) is 8.20. The Bertz CT molecular complexity index is 776. The molecule has 160 valence electrons. The summed E-state index contributed by atoms with van der Waals surface area (Å²) < 4.78 is 11.5. The minimum Gasteiger partial charge on any atom is -0.494 e. The maximum absolute atomic E-state index is 5.76. The van der Waals surface area contributed by atoms with Crippen LogP contribution in [0.25, 0.3) is 0 Å². The van der Waals surface area contributed by atoms with Crippen molar-refractivity contribution in [3.63, 3.8) is 0 Å². The normalized spacial score (nSPS) is 10.6. The number of benzene rings is 2.